The number of fused-ring (bicyclic) bond motifs is 1. The standard InChI is InChI=1S/C8H8N2S/c1-5-3-9-4-7-8(5)11-6(2)10-7/h3-4H,1-2H3. The highest BCUT2D eigenvalue weighted by molar-refractivity contribution is 7.18. The minimum Gasteiger partial charge on any atom is -0.262 e. The zero-order chi connectivity index (χ0) is 7.84. The van der Waals surface area contributed by atoms with Crippen molar-refractivity contribution in [2.45, 2.75) is 13.8 Å². The molecule has 2 aromatic rings. The zero-order valence-electron chi connectivity index (χ0n) is 6.46. The normalized spacial score (nSPS) is 10.7. The van der Waals surface area contributed by atoms with Crippen LogP contribution in [0.4, 0.5) is 0 Å². The Hall–Kier alpha value is -0.960. The Morgan fingerprint density at radius 2 is 2.09 bits per heavy atom. The number of nitrogens with zero attached hydrogens (tertiary/aromatic N) is 2. The van der Waals surface area contributed by atoms with E-state index in [-0.39, 0.29) is 0 Å². The maximum Gasteiger partial charge on any atom is 0.100 e. The molecule has 0 aliphatic heterocycles. The summed E-state index contributed by atoms with van der Waals surface area (Å²) in [6.45, 7) is 4.08. The van der Waals surface area contributed by atoms with Crippen LogP contribution in [0.15, 0.2) is 12.4 Å². The van der Waals surface area contributed by atoms with Gasteiger partial charge in [-0.3, -0.25) is 4.98 Å². The summed E-state index contributed by atoms with van der Waals surface area (Å²) < 4.78 is 1.26. The third-order valence-electron chi connectivity index (χ3n) is 1.58. The smallest absolute Gasteiger partial charge is 0.100 e. The van der Waals surface area contributed by atoms with Gasteiger partial charge in [-0.15, -0.1) is 11.3 Å². The van der Waals surface area contributed by atoms with Crippen LogP contribution in [0.3, 0.4) is 0 Å². The van der Waals surface area contributed by atoms with Gasteiger partial charge >= 0.3 is 0 Å². The molecule has 0 atom stereocenters. The summed E-state index contributed by atoms with van der Waals surface area (Å²) in [7, 11) is 0. The number of pyridine rings is 1. The number of hydrogen-bond acceptors (Lipinski definition) is 3. The Morgan fingerprint density at radius 3 is 2.82 bits per heavy atom. The molecule has 0 N–H and O–H groups in total. The number of aryl methyl sites for hydroxylation is 2. The Labute approximate surface area is 68.9 Å². The highest BCUT2D eigenvalue weighted by atomic mass is 32.1. The van der Waals surface area contributed by atoms with Crippen molar-refractivity contribution in [3.63, 3.8) is 0 Å². The second kappa shape index (κ2) is 2.27. The van der Waals surface area contributed by atoms with Crippen molar-refractivity contribution < 1.29 is 0 Å². The molecule has 2 nitrogen and oxygen atoms in total. The molecule has 0 spiro atoms. The van der Waals surface area contributed by atoms with Crippen molar-refractivity contribution in [2.75, 3.05) is 0 Å². The van der Waals surface area contributed by atoms with Gasteiger partial charge in [-0.25, -0.2) is 4.98 Å². The molecule has 2 aromatic heterocycles. The lowest BCUT2D eigenvalue weighted by molar-refractivity contribution is 1.27. The molecule has 56 valence electrons. The number of rotatable bonds is 0. The van der Waals surface area contributed by atoms with E-state index in [9.17, 15) is 0 Å². The van der Waals surface area contributed by atoms with Crippen molar-refractivity contribution in [1.29, 1.82) is 0 Å². The van der Waals surface area contributed by atoms with Crippen LogP contribution >= 0.6 is 11.3 Å². The van der Waals surface area contributed by atoms with Crippen molar-refractivity contribution in [3.05, 3.63) is 23.0 Å². The van der Waals surface area contributed by atoms with Gasteiger partial charge in [0.25, 0.3) is 0 Å². The molecule has 0 unspecified atom stereocenters. The van der Waals surface area contributed by atoms with Gasteiger partial charge in [-0.2, -0.15) is 0 Å². The fourth-order valence-electron chi connectivity index (χ4n) is 1.09. The van der Waals surface area contributed by atoms with E-state index in [0.717, 1.165) is 10.5 Å². The summed E-state index contributed by atoms with van der Waals surface area (Å²) in [5.74, 6) is 0. The van der Waals surface area contributed by atoms with Crippen LogP contribution in [-0.4, -0.2) is 9.97 Å². The van der Waals surface area contributed by atoms with Gasteiger partial charge in [0.2, 0.25) is 0 Å². The quantitative estimate of drug-likeness (QED) is 0.597. The van der Waals surface area contributed by atoms with Crippen LogP contribution in [-0.2, 0) is 0 Å². The summed E-state index contributed by atoms with van der Waals surface area (Å²) in [5.41, 5.74) is 2.24. The third-order valence-corrected chi connectivity index (χ3v) is 2.71. The Bertz CT molecular complexity index is 392. The first-order chi connectivity index (χ1) is 5.27. The SMILES string of the molecule is Cc1nc2cncc(C)c2s1. The topological polar surface area (TPSA) is 25.8 Å². The van der Waals surface area contributed by atoms with E-state index in [4.69, 9.17) is 0 Å². The van der Waals surface area contributed by atoms with E-state index < -0.39 is 0 Å². The summed E-state index contributed by atoms with van der Waals surface area (Å²) in [5, 5.41) is 1.11. The number of aromatic nitrogens is 2. The van der Waals surface area contributed by atoms with Gasteiger partial charge in [0, 0.05) is 6.20 Å². The highest BCUT2D eigenvalue weighted by Gasteiger charge is 2.01. The number of thiazole rings is 1. The molecule has 0 aliphatic rings. The first kappa shape index (κ1) is 6.73. The molecule has 2 heterocycles. The molecule has 11 heavy (non-hydrogen) atoms. The monoisotopic (exact) mass is 164 g/mol. The molecule has 0 aliphatic carbocycles. The maximum atomic E-state index is 4.33. The van der Waals surface area contributed by atoms with Crippen molar-refractivity contribution in [2.24, 2.45) is 0 Å². The molecule has 3 heteroatoms. The highest BCUT2D eigenvalue weighted by Crippen LogP contribution is 2.23. The molecule has 0 saturated heterocycles. The van der Waals surface area contributed by atoms with Crippen LogP contribution in [0.2, 0.25) is 0 Å². The lowest BCUT2D eigenvalue weighted by Crippen LogP contribution is -1.76. The minimum absolute atomic E-state index is 1.02. The molecule has 0 amide bonds. The van der Waals surface area contributed by atoms with Gasteiger partial charge < -0.3 is 0 Å². The molecule has 2 rings (SSSR count). The van der Waals surface area contributed by atoms with E-state index in [1.807, 2.05) is 19.3 Å². The van der Waals surface area contributed by atoms with Crippen LogP contribution in [0.1, 0.15) is 10.6 Å². The van der Waals surface area contributed by atoms with Crippen LogP contribution < -0.4 is 0 Å². The number of hydrogen-bond donors (Lipinski definition) is 0. The van der Waals surface area contributed by atoms with Crippen molar-refractivity contribution in [3.8, 4) is 0 Å². The van der Waals surface area contributed by atoms with Gasteiger partial charge in [-0.1, -0.05) is 0 Å². The Balaban J connectivity index is 2.90. The Kier molecular flexibility index (Phi) is 1.39. The minimum atomic E-state index is 1.02. The third kappa shape index (κ3) is 1.01. The summed E-state index contributed by atoms with van der Waals surface area (Å²) in [6.07, 6.45) is 3.69. The average Bonchev–Trinajstić information content (AvgIpc) is 2.31. The zero-order valence-corrected chi connectivity index (χ0v) is 7.27. The molecule has 0 saturated carbocycles. The molecule has 0 radical (unpaired) electrons. The molecule has 0 aromatic carbocycles. The summed E-state index contributed by atoms with van der Waals surface area (Å²) in [6, 6.07) is 0. The van der Waals surface area contributed by atoms with Crippen molar-refractivity contribution >= 4 is 21.6 Å². The van der Waals surface area contributed by atoms with Crippen LogP contribution in [0.25, 0.3) is 10.2 Å². The van der Waals surface area contributed by atoms with E-state index >= 15 is 0 Å². The first-order valence-electron chi connectivity index (χ1n) is 3.45. The second-order valence-corrected chi connectivity index (χ2v) is 3.74. The second-order valence-electron chi connectivity index (χ2n) is 2.54. The van der Waals surface area contributed by atoms with E-state index in [0.29, 0.717) is 0 Å². The van der Waals surface area contributed by atoms with Gasteiger partial charge in [-0.05, 0) is 19.4 Å². The first-order valence-corrected chi connectivity index (χ1v) is 4.27. The van der Waals surface area contributed by atoms with Gasteiger partial charge in [0.1, 0.15) is 5.52 Å². The predicted molar refractivity (Wildman–Crippen MR) is 46.9 cm³/mol. The van der Waals surface area contributed by atoms with Crippen LogP contribution in [0.5, 0.6) is 0 Å². The van der Waals surface area contributed by atoms with Crippen molar-refractivity contribution in [1.82, 2.24) is 9.97 Å². The predicted octanol–water partition coefficient (Wildman–Crippen LogP) is 2.31. The largest absolute Gasteiger partial charge is 0.262 e. The molecule has 0 fully saturated rings. The van der Waals surface area contributed by atoms with E-state index in [1.54, 1.807) is 11.3 Å². The molecule has 0 bridgehead atoms. The fourth-order valence-corrected chi connectivity index (χ4v) is 1.95. The Morgan fingerprint density at radius 1 is 1.27 bits per heavy atom. The lowest BCUT2D eigenvalue weighted by Gasteiger charge is -1.89. The molecular weight excluding hydrogens is 156 g/mol. The van der Waals surface area contributed by atoms with E-state index in [1.165, 1.54) is 10.3 Å². The van der Waals surface area contributed by atoms with E-state index in [2.05, 4.69) is 16.9 Å². The average molecular weight is 164 g/mol. The summed E-state index contributed by atoms with van der Waals surface area (Å²) >= 11 is 1.73. The lowest BCUT2D eigenvalue weighted by atomic mass is 10.3. The molecular formula is C8H8N2S. The van der Waals surface area contributed by atoms with Gasteiger partial charge in [0.15, 0.2) is 0 Å². The van der Waals surface area contributed by atoms with Gasteiger partial charge in [0.05, 0.1) is 15.9 Å². The van der Waals surface area contributed by atoms with Crippen LogP contribution in [0, 0.1) is 13.8 Å². The maximum absolute atomic E-state index is 4.33. The fraction of sp³-hybridized carbons (Fsp3) is 0.250. The summed E-state index contributed by atoms with van der Waals surface area (Å²) in [4.78, 5) is 8.40.